The van der Waals surface area contributed by atoms with Gasteiger partial charge < -0.3 is 42.6 Å². The Morgan fingerprint density at radius 1 is 0.411 bits per heavy atom. The summed E-state index contributed by atoms with van der Waals surface area (Å²) < 4.78 is 59.5. The molecule has 2 heterocycles. The van der Waals surface area contributed by atoms with Gasteiger partial charge in [-0.3, -0.25) is 0 Å². The molecule has 9 nitrogen and oxygen atoms in total. The Balaban J connectivity index is 1.19. The molecule has 0 unspecified atom stereocenters. The summed E-state index contributed by atoms with van der Waals surface area (Å²) in [5.74, 6) is 0. The lowest BCUT2D eigenvalue weighted by Gasteiger charge is -2.45. The van der Waals surface area contributed by atoms with Crippen LogP contribution in [-0.2, 0) is 75.7 Å². The van der Waals surface area contributed by atoms with Gasteiger partial charge in [-0.1, -0.05) is 152 Å². The van der Waals surface area contributed by atoms with Crippen molar-refractivity contribution in [3.05, 3.63) is 179 Å². The minimum atomic E-state index is -0.886. The molecule has 9 atom stereocenters. The summed E-state index contributed by atoms with van der Waals surface area (Å²) in [6.07, 6.45) is -5.68. The monoisotopic (exact) mass is 760 g/mol. The fourth-order valence-corrected chi connectivity index (χ4v) is 7.13. The second-order valence-electron chi connectivity index (χ2n) is 14.1. The zero-order chi connectivity index (χ0) is 38.4. The van der Waals surface area contributed by atoms with E-state index in [0.717, 1.165) is 27.8 Å². The second kappa shape index (κ2) is 20.8. The first kappa shape index (κ1) is 40.0. The molecule has 2 aliphatic heterocycles. The molecule has 0 saturated carbocycles. The molecule has 0 aromatic heterocycles. The standard InChI is InChI=1S/C47H52O9/c1-34-41(50-29-36-20-10-4-11-21-36)43(45(46(48-2)54-34)53-32-39-26-16-7-17-27-39)56-47-44(52-31-38-24-14-6-15-25-38)42(51-30-37-22-12-5-13-23-37)40(55-47)33-49-28-35-18-8-3-9-19-35/h3-27,34,40-47H,28-33H2,1-2H3/t34-,40+,41-,42+,43+,44+,45+,46+,47+/m0/s1. The summed E-state index contributed by atoms with van der Waals surface area (Å²) in [6.45, 7) is 3.98. The topological polar surface area (TPSA) is 83.1 Å². The van der Waals surface area contributed by atoms with Crippen molar-refractivity contribution in [3.63, 3.8) is 0 Å². The van der Waals surface area contributed by atoms with E-state index in [1.807, 2.05) is 159 Å². The highest BCUT2D eigenvalue weighted by Crippen LogP contribution is 2.36. The molecule has 0 aliphatic carbocycles. The third-order valence-electron chi connectivity index (χ3n) is 10.1. The highest BCUT2D eigenvalue weighted by molar-refractivity contribution is 5.17. The molecule has 0 radical (unpaired) electrons. The van der Waals surface area contributed by atoms with E-state index in [4.69, 9.17) is 42.6 Å². The van der Waals surface area contributed by atoms with E-state index < -0.39 is 55.3 Å². The highest BCUT2D eigenvalue weighted by atomic mass is 16.8. The number of benzene rings is 5. The zero-order valence-corrected chi connectivity index (χ0v) is 32.0. The summed E-state index contributed by atoms with van der Waals surface area (Å²) in [7, 11) is 1.61. The van der Waals surface area contributed by atoms with Crippen LogP contribution < -0.4 is 0 Å². The summed E-state index contributed by atoms with van der Waals surface area (Å²) in [5, 5.41) is 0. The number of methoxy groups -OCH3 is 1. The first-order valence-electron chi connectivity index (χ1n) is 19.4. The first-order valence-corrected chi connectivity index (χ1v) is 19.4. The average molecular weight is 761 g/mol. The maximum atomic E-state index is 7.14. The van der Waals surface area contributed by atoms with E-state index in [1.54, 1.807) is 7.11 Å². The van der Waals surface area contributed by atoms with Gasteiger partial charge in [-0.15, -0.1) is 0 Å². The van der Waals surface area contributed by atoms with Gasteiger partial charge in [-0.05, 0) is 34.7 Å². The van der Waals surface area contributed by atoms with Gasteiger partial charge in [-0.2, -0.15) is 0 Å². The van der Waals surface area contributed by atoms with Crippen LogP contribution in [0.5, 0.6) is 0 Å². The van der Waals surface area contributed by atoms with Crippen molar-refractivity contribution in [2.45, 2.75) is 95.3 Å². The van der Waals surface area contributed by atoms with E-state index in [-0.39, 0.29) is 6.61 Å². The van der Waals surface area contributed by atoms with Crippen molar-refractivity contribution < 1.29 is 42.6 Å². The molecule has 9 heteroatoms. The largest absolute Gasteiger partial charge is 0.374 e. The van der Waals surface area contributed by atoms with Crippen LogP contribution >= 0.6 is 0 Å². The van der Waals surface area contributed by atoms with Crippen LogP contribution in [-0.4, -0.2) is 69.0 Å². The number of rotatable bonds is 19. The van der Waals surface area contributed by atoms with Crippen LogP contribution in [0.25, 0.3) is 0 Å². The Kier molecular flexibility index (Phi) is 14.8. The first-order chi connectivity index (χ1) is 27.6. The van der Waals surface area contributed by atoms with Crippen LogP contribution in [0, 0.1) is 0 Å². The van der Waals surface area contributed by atoms with Gasteiger partial charge in [-0.25, -0.2) is 0 Å². The fraction of sp³-hybridized carbons (Fsp3) is 0.362. The molecule has 0 N–H and O–H groups in total. The molecule has 2 fully saturated rings. The lowest BCUT2D eigenvalue weighted by molar-refractivity contribution is -0.337. The SMILES string of the molecule is CO[C@@H]1O[C@@H](C)[C@H](OCc2ccccc2)[C@@H](O[C@H]2O[C@H](COCc3ccccc3)[C@@H](OCc3ccccc3)[C@H]2OCc2ccccc2)[C@H]1OCc1ccccc1. The molecule has 2 saturated heterocycles. The van der Waals surface area contributed by atoms with Crippen molar-refractivity contribution in [2.24, 2.45) is 0 Å². The van der Waals surface area contributed by atoms with Crippen molar-refractivity contribution in [1.82, 2.24) is 0 Å². The average Bonchev–Trinajstić information content (AvgIpc) is 3.58. The number of hydrogen-bond acceptors (Lipinski definition) is 9. The van der Waals surface area contributed by atoms with E-state index >= 15 is 0 Å². The maximum Gasteiger partial charge on any atom is 0.187 e. The molecule has 7 rings (SSSR count). The van der Waals surface area contributed by atoms with Gasteiger partial charge in [0.1, 0.15) is 36.6 Å². The van der Waals surface area contributed by atoms with Crippen LogP contribution in [0.1, 0.15) is 34.7 Å². The van der Waals surface area contributed by atoms with Gasteiger partial charge in [0.25, 0.3) is 0 Å². The number of hydrogen-bond donors (Lipinski definition) is 0. The molecule has 2 aliphatic rings. The van der Waals surface area contributed by atoms with E-state index in [9.17, 15) is 0 Å². The zero-order valence-electron chi connectivity index (χ0n) is 32.0. The molecule has 5 aromatic carbocycles. The lowest BCUT2D eigenvalue weighted by Crippen LogP contribution is -2.61. The van der Waals surface area contributed by atoms with Crippen molar-refractivity contribution in [3.8, 4) is 0 Å². The summed E-state index contributed by atoms with van der Waals surface area (Å²) in [6, 6.07) is 50.3. The Labute approximate surface area is 330 Å². The van der Waals surface area contributed by atoms with Crippen molar-refractivity contribution in [2.75, 3.05) is 13.7 Å². The quantitative estimate of drug-likeness (QED) is 0.0831. The summed E-state index contributed by atoms with van der Waals surface area (Å²) in [5.41, 5.74) is 5.15. The van der Waals surface area contributed by atoms with Gasteiger partial charge >= 0.3 is 0 Å². The molecule has 294 valence electrons. The normalized spacial score (nSPS) is 26.3. The molecular weight excluding hydrogens is 709 g/mol. The van der Waals surface area contributed by atoms with Crippen LogP contribution in [0.4, 0.5) is 0 Å². The van der Waals surface area contributed by atoms with Gasteiger partial charge in [0.2, 0.25) is 0 Å². The predicted octanol–water partition coefficient (Wildman–Crippen LogP) is 8.05. The highest BCUT2D eigenvalue weighted by Gasteiger charge is 2.53. The Bertz CT molecular complexity index is 1820. The van der Waals surface area contributed by atoms with Gasteiger partial charge in [0.05, 0.1) is 45.7 Å². The molecular formula is C47H52O9. The Morgan fingerprint density at radius 3 is 1.21 bits per heavy atom. The maximum absolute atomic E-state index is 7.14. The van der Waals surface area contributed by atoms with Crippen molar-refractivity contribution >= 4 is 0 Å². The second-order valence-corrected chi connectivity index (χ2v) is 14.1. The molecule has 5 aromatic rings. The fourth-order valence-electron chi connectivity index (χ4n) is 7.13. The van der Waals surface area contributed by atoms with Gasteiger partial charge in [0, 0.05) is 7.11 Å². The van der Waals surface area contributed by atoms with Crippen LogP contribution in [0.15, 0.2) is 152 Å². The molecule has 0 amide bonds. The predicted molar refractivity (Wildman–Crippen MR) is 211 cm³/mol. The number of ether oxygens (including phenoxy) is 9. The summed E-state index contributed by atoms with van der Waals surface area (Å²) >= 11 is 0. The molecule has 56 heavy (non-hydrogen) atoms. The minimum absolute atomic E-state index is 0.256. The lowest BCUT2D eigenvalue weighted by atomic mass is 9.98. The van der Waals surface area contributed by atoms with Crippen molar-refractivity contribution in [1.29, 1.82) is 0 Å². The van der Waals surface area contributed by atoms with Crippen LogP contribution in [0.2, 0.25) is 0 Å². The third kappa shape index (κ3) is 11.0. The Hall–Kier alpha value is -4.26. The minimum Gasteiger partial charge on any atom is -0.374 e. The third-order valence-corrected chi connectivity index (χ3v) is 10.1. The van der Waals surface area contributed by atoms with E-state index in [2.05, 4.69) is 0 Å². The smallest absolute Gasteiger partial charge is 0.187 e. The van der Waals surface area contributed by atoms with Gasteiger partial charge in [0.15, 0.2) is 12.6 Å². The molecule has 0 spiro atoms. The summed E-state index contributed by atoms with van der Waals surface area (Å²) in [4.78, 5) is 0. The Morgan fingerprint density at radius 2 is 0.786 bits per heavy atom. The van der Waals surface area contributed by atoms with E-state index in [0.29, 0.717) is 33.0 Å². The molecule has 0 bridgehead atoms. The van der Waals surface area contributed by atoms with E-state index in [1.165, 1.54) is 0 Å². The van der Waals surface area contributed by atoms with Crippen LogP contribution in [0.3, 0.4) is 0 Å².